The first kappa shape index (κ1) is 55.1. The molecule has 4 aliphatic heterocycles. The fourth-order valence-corrected chi connectivity index (χ4v) is 20.7. The van der Waals surface area contributed by atoms with Crippen molar-refractivity contribution in [2.75, 3.05) is 19.6 Å². The minimum Gasteiger partial charge on any atom is -0.334 e. The van der Waals surface area contributed by atoms with Crippen LogP contribution in [0.2, 0.25) is 0 Å². The molecule has 88 heavy (non-hydrogen) atoms. The topological polar surface area (TPSA) is 13.0 Å². The first-order valence-electron chi connectivity index (χ1n) is 34.1. The average Bonchev–Trinajstić information content (AvgIpc) is 0.869. The van der Waals surface area contributed by atoms with Crippen LogP contribution < -0.4 is 36.0 Å². The van der Waals surface area contributed by atoms with E-state index in [0.717, 1.165) is 25.7 Å². The van der Waals surface area contributed by atoms with E-state index < -0.39 is 0 Å². The Morgan fingerprint density at radius 1 is 0.307 bits per heavy atom. The van der Waals surface area contributed by atoms with Gasteiger partial charge in [0.15, 0.2) is 0 Å². The molecule has 9 aliphatic rings. The van der Waals surface area contributed by atoms with Crippen LogP contribution in [0.15, 0.2) is 152 Å². The van der Waals surface area contributed by atoms with E-state index in [9.17, 15) is 0 Å². The lowest BCUT2D eigenvalue weighted by Gasteiger charge is -2.52. The summed E-state index contributed by atoms with van der Waals surface area (Å²) in [5.74, 6) is 0. The van der Waals surface area contributed by atoms with Crippen molar-refractivity contribution in [1.29, 1.82) is 0 Å². The summed E-state index contributed by atoms with van der Waals surface area (Å²) < 4.78 is 0. The summed E-state index contributed by atoms with van der Waals surface area (Å²) in [7, 11) is 0. The third kappa shape index (κ3) is 6.90. The molecule has 5 heteroatoms. The highest BCUT2D eigenvalue weighted by atomic mass is 15.3. The van der Waals surface area contributed by atoms with Crippen LogP contribution in [0.3, 0.4) is 0 Å². The van der Waals surface area contributed by atoms with E-state index in [1.165, 1.54) is 180 Å². The normalized spacial score (nSPS) is 27.0. The maximum absolute atomic E-state index is 2.88. The van der Waals surface area contributed by atoms with Crippen molar-refractivity contribution in [3.05, 3.63) is 196 Å². The summed E-state index contributed by atoms with van der Waals surface area (Å²) in [5, 5.41) is 0. The van der Waals surface area contributed by atoms with Crippen molar-refractivity contribution in [2.45, 2.75) is 223 Å². The fourth-order valence-electron chi connectivity index (χ4n) is 20.7. The molecule has 0 aromatic heterocycles. The zero-order valence-electron chi connectivity index (χ0n) is 55.3. The Hall–Kier alpha value is -6.98. The Morgan fingerprint density at radius 2 is 0.773 bits per heavy atom. The van der Waals surface area contributed by atoms with Gasteiger partial charge < -0.3 is 19.6 Å². The summed E-state index contributed by atoms with van der Waals surface area (Å²) in [6.07, 6.45) is 14.3. The summed E-state index contributed by atoms with van der Waals surface area (Å²) >= 11 is 0. The number of para-hydroxylation sites is 2. The van der Waals surface area contributed by atoms with Gasteiger partial charge in [0, 0.05) is 73.0 Å². The molecule has 8 aromatic carbocycles. The van der Waals surface area contributed by atoms with Crippen LogP contribution in [-0.2, 0) is 37.9 Å². The number of anilines is 10. The van der Waals surface area contributed by atoms with Crippen LogP contribution in [0.5, 0.6) is 0 Å². The van der Waals surface area contributed by atoms with E-state index in [-0.39, 0.29) is 55.7 Å². The molecule has 0 amide bonds. The summed E-state index contributed by atoms with van der Waals surface area (Å²) in [4.78, 5) is 11.3. The molecule has 4 heterocycles. The highest BCUT2D eigenvalue weighted by Crippen LogP contribution is 2.65. The second-order valence-corrected chi connectivity index (χ2v) is 33.2. The SMILES string of the molecule is CC1(C)CCC(C)(C)c2cc(N3c4cc5c(cc4B4c6ccc(N7c8ccccc8C8(C)CCCCC78C)cc6N(c6cccc7c6-c6ccccc6C7(C)C)c6cc(N7c8ccccc8C8(C)CCCCC78C)cc3c64)C(C)(C)CCC5(C)C)ccc21. The highest BCUT2D eigenvalue weighted by Gasteiger charge is 2.60. The van der Waals surface area contributed by atoms with Crippen molar-refractivity contribution < 1.29 is 0 Å². The van der Waals surface area contributed by atoms with E-state index in [4.69, 9.17) is 0 Å². The van der Waals surface area contributed by atoms with Gasteiger partial charge in [-0.1, -0.05) is 200 Å². The molecule has 0 bridgehead atoms. The molecule has 2 saturated carbocycles. The van der Waals surface area contributed by atoms with Gasteiger partial charge in [0.1, 0.15) is 0 Å². The monoisotopic (exact) mass is 1150 g/mol. The molecule has 0 saturated heterocycles. The minimum atomic E-state index is -0.186. The molecule has 5 aliphatic carbocycles. The Kier molecular flexibility index (Phi) is 11.1. The van der Waals surface area contributed by atoms with Gasteiger partial charge in [-0.2, -0.15) is 0 Å². The molecule has 4 nitrogen and oxygen atoms in total. The lowest BCUT2D eigenvalue weighted by atomic mass is 9.33. The zero-order chi connectivity index (χ0) is 60.8. The molecule has 4 atom stereocenters. The Labute approximate surface area is 526 Å². The predicted octanol–water partition coefficient (Wildman–Crippen LogP) is 20.3. The summed E-state index contributed by atoms with van der Waals surface area (Å²) in [6.45, 7) is 35.4. The molecular weight excluding hydrogens is 1060 g/mol. The van der Waals surface area contributed by atoms with E-state index in [0.29, 0.717) is 0 Å². The first-order chi connectivity index (χ1) is 41.8. The van der Waals surface area contributed by atoms with Gasteiger partial charge in [-0.25, -0.2) is 0 Å². The van der Waals surface area contributed by atoms with Crippen LogP contribution >= 0.6 is 0 Å². The van der Waals surface area contributed by atoms with Crippen molar-refractivity contribution in [3.63, 3.8) is 0 Å². The minimum absolute atomic E-state index is 0.00365. The third-order valence-electron chi connectivity index (χ3n) is 26.5. The number of hydrogen-bond acceptors (Lipinski definition) is 4. The van der Waals surface area contributed by atoms with Crippen molar-refractivity contribution >= 4 is 80.0 Å². The lowest BCUT2D eigenvalue weighted by molar-refractivity contribution is 0.195. The third-order valence-corrected chi connectivity index (χ3v) is 26.5. The molecular formula is C83H91BN4. The summed E-state index contributed by atoms with van der Waals surface area (Å²) in [5.41, 5.74) is 31.6. The number of hydrogen-bond donors (Lipinski definition) is 0. The van der Waals surface area contributed by atoms with Crippen LogP contribution in [0.4, 0.5) is 56.9 Å². The van der Waals surface area contributed by atoms with Gasteiger partial charge in [0.25, 0.3) is 6.71 Å². The standard InChI is InChI=1S/C83H91BN4/c1-75(2)42-43-76(3,4)61-46-52(34-36-57(61)75)85-70-51-63-62(77(5,6)44-45-78(63,7)8)50-65(70)84-64-37-35-53(87-66-31-19-17-28-58(66)80(11)38-21-23-40-82(80,87)13)47-69(64)86(68-33-25-30-60-73(68)55-26-15-16-27-56(55)79(60,9)10)72-49-54(48-71(85)74(72)84)88-67-32-20-18-29-59(67)81(12)39-22-24-41-83(81,88)14/h15-20,25-37,46-51H,21-24,38-45H2,1-14H3. The predicted molar refractivity (Wildman–Crippen MR) is 374 cm³/mol. The van der Waals surface area contributed by atoms with E-state index >= 15 is 0 Å². The highest BCUT2D eigenvalue weighted by molar-refractivity contribution is 7.00. The molecule has 446 valence electrons. The molecule has 2 fully saturated rings. The maximum Gasteiger partial charge on any atom is 0.252 e. The second kappa shape index (κ2) is 17.7. The zero-order valence-corrected chi connectivity index (χ0v) is 55.3. The van der Waals surface area contributed by atoms with E-state index in [1.807, 2.05) is 0 Å². The molecule has 17 rings (SSSR count). The Morgan fingerprint density at radius 3 is 1.40 bits per heavy atom. The fraction of sp³-hybridized carbons (Fsp3) is 0.422. The Balaban J connectivity index is 1.03. The number of fused-ring (bicyclic) bond motifs is 15. The van der Waals surface area contributed by atoms with Gasteiger partial charge in [-0.3, -0.25) is 0 Å². The lowest BCUT2D eigenvalue weighted by Crippen LogP contribution is -2.62. The second-order valence-electron chi connectivity index (χ2n) is 33.2. The largest absolute Gasteiger partial charge is 0.334 e. The van der Waals surface area contributed by atoms with Crippen molar-refractivity contribution in [3.8, 4) is 11.1 Å². The van der Waals surface area contributed by atoms with Crippen LogP contribution in [-0.4, -0.2) is 17.8 Å². The van der Waals surface area contributed by atoms with Crippen LogP contribution in [0, 0.1) is 0 Å². The molecule has 8 aromatic rings. The van der Waals surface area contributed by atoms with Crippen LogP contribution in [0.1, 0.15) is 218 Å². The number of rotatable bonds is 4. The quantitative estimate of drug-likeness (QED) is 0.163. The maximum atomic E-state index is 2.88. The van der Waals surface area contributed by atoms with E-state index in [1.54, 1.807) is 0 Å². The molecule has 0 spiro atoms. The van der Waals surface area contributed by atoms with Gasteiger partial charge in [-0.05, 0) is 214 Å². The first-order valence-corrected chi connectivity index (χ1v) is 34.1. The molecule has 0 radical (unpaired) electrons. The molecule has 4 unspecified atom stereocenters. The smallest absolute Gasteiger partial charge is 0.252 e. The number of nitrogens with zero attached hydrogens (tertiary/aromatic N) is 4. The van der Waals surface area contributed by atoms with Gasteiger partial charge in [-0.15, -0.1) is 0 Å². The van der Waals surface area contributed by atoms with Crippen LogP contribution in [0.25, 0.3) is 11.1 Å². The Bertz CT molecular complexity index is 4350. The van der Waals surface area contributed by atoms with Gasteiger partial charge in [0.2, 0.25) is 0 Å². The van der Waals surface area contributed by atoms with Gasteiger partial charge >= 0.3 is 0 Å². The van der Waals surface area contributed by atoms with Gasteiger partial charge in [0.05, 0.1) is 16.8 Å². The van der Waals surface area contributed by atoms with Crippen molar-refractivity contribution in [1.82, 2.24) is 0 Å². The number of benzene rings is 8. The summed E-state index contributed by atoms with van der Waals surface area (Å²) in [6, 6.07) is 62.3. The van der Waals surface area contributed by atoms with E-state index in [2.05, 4.69) is 268 Å². The average molecular weight is 1160 g/mol. The molecule has 0 N–H and O–H groups in total. The van der Waals surface area contributed by atoms with Crippen molar-refractivity contribution in [2.24, 2.45) is 0 Å².